The lowest BCUT2D eigenvalue weighted by Crippen LogP contribution is -2.74. The van der Waals surface area contributed by atoms with Crippen LogP contribution in [0.15, 0.2) is 152 Å². The summed E-state index contributed by atoms with van der Waals surface area (Å²) < 4.78 is 173. The number of nitrogens with zero attached hydrogens (tertiary/aromatic N) is 1. The van der Waals surface area contributed by atoms with Gasteiger partial charge in [-0.25, -0.2) is 0 Å². The number of carbonyl (C=O) groups is 1. The van der Waals surface area contributed by atoms with Gasteiger partial charge in [0.15, 0.2) is 20.9 Å². The number of anilines is 1. The zero-order chi connectivity index (χ0) is 47.3. The molecule has 3 nitrogen and oxygen atoms in total. The van der Waals surface area contributed by atoms with E-state index in [0.29, 0.717) is 54.1 Å². The first-order valence-corrected chi connectivity index (χ1v) is 21.1. The molecule has 0 radical (unpaired) electrons. The highest BCUT2D eigenvalue weighted by Gasteiger charge is 2.38. The normalized spacial score (nSPS) is 13.1. The molecule has 0 bridgehead atoms. The second kappa shape index (κ2) is 18.8. The molecule has 0 saturated carbocycles. The third-order valence-corrected chi connectivity index (χ3v) is 11.6. The van der Waals surface area contributed by atoms with Crippen molar-refractivity contribution in [1.29, 1.82) is 0 Å². The fourth-order valence-electron chi connectivity index (χ4n) is 7.00. The maximum atomic E-state index is 13.3. The molecule has 0 spiro atoms. The second-order valence-corrected chi connectivity index (χ2v) is 17.5. The molecule has 0 aliphatic heterocycles. The van der Waals surface area contributed by atoms with Gasteiger partial charge in [0.05, 0.1) is 22.3 Å². The number of alkyl halides is 12. The van der Waals surface area contributed by atoms with E-state index in [0.717, 1.165) is 59.8 Å². The Bertz CT molecular complexity index is 2390. The van der Waals surface area contributed by atoms with Crippen LogP contribution in [0.4, 0.5) is 58.4 Å². The molecule has 6 aromatic carbocycles. The topological polar surface area (TPSA) is 37.4 Å². The Morgan fingerprint density at radius 1 is 0.500 bits per heavy atom. The van der Waals surface area contributed by atoms with Gasteiger partial charge >= 0.3 is 24.7 Å². The molecule has 0 N–H and O–H groups in total. The highest BCUT2D eigenvalue weighted by molar-refractivity contribution is 8.07. The van der Waals surface area contributed by atoms with Crippen LogP contribution in [0.3, 0.4) is 0 Å². The number of ketones is 1. The van der Waals surface area contributed by atoms with E-state index in [1.54, 1.807) is 12.1 Å². The van der Waals surface area contributed by atoms with Crippen molar-refractivity contribution >= 4 is 49.4 Å². The van der Waals surface area contributed by atoms with Crippen molar-refractivity contribution in [2.75, 3.05) is 31.0 Å². The van der Waals surface area contributed by atoms with E-state index in [9.17, 15) is 61.7 Å². The van der Waals surface area contributed by atoms with Crippen LogP contribution in [-0.2, 0) is 38.8 Å². The Morgan fingerprint density at radius 3 is 1.09 bits per heavy atom. The van der Waals surface area contributed by atoms with Crippen molar-refractivity contribution in [1.82, 2.24) is 0 Å². The number of Topliss-reactive ketones (excluding diaryl/α,β-unsaturated/α-hetero) is 1. The van der Waals surface area contributed by atoms with Gasteiger partial charge in [-0.15, -0.1) is 0 Å². The summed E-state index contributed by atoms with van der Waals surface area (Å²) in [5.41, 5.74) is -1.92. The van der Waals surface area contributed by atoms with Gasteiger partial charge in [0, 0.05) is 30.9 Å². The van der Waals surface area contributed by atoms with Crippen molar-refractivity contribution in [2.24, 2.45) is 0 Å². The van der Waals surface area contributed by atoms with Crippen LogP contribution >= 0.6 is 0 Å². The van der Waals surface area contributed by atoms with Gasteiger partial charge < -0.3 is 4.90 Å². The summed E-state index contributed by atoms with van der Waals surface area (Å²) in [7, 11) is 1.35. The molecule has 0 aliphatic carbocycles. The van der Waals surface area contributed by atoms with Crippen molar-refractivity contribution < 1.29 is 61.7 Å². The van der Waals surface area contributed by atoms with Gasteiger partial charge in [-0.3, -0.25) is 4.79 Å². The lowest BCUT2D eigenvalue weighted by atomic mass is 9.13. The zero-order valence-electron chi connectivity index (χ0n) is 33.9. The van der Waals surface area contributed by atoms with E-state index >= 15 is 0 Å². The lowest BCUT2D eigenvalue weighted by molar-refractivity contribution is -0.138. The molecule has 0 aromatic heterocycles. The van der Waals surface area contributed by atoms with Crippen LogP contribution in [0.2, 0.25) is 0 Å². The van der Waals surface area contributed by atoms with Crippen LogP contribution in [-0.4, -0.2) is 38.0 Å². The first-order valence-electron chi connectivity index (χ1n) is 18.9. The second-order valence-electron chi connectivity index (χ2n) is 15.0. The number of halogens is 12. The molecular weight excluding hydrogens is 881 g/mol. The van der Waals surface area contributed by atoms with E-state index in [1.807, 2.05) is 61.5 Å². The Balaban J connectivity index is 0.000000283. The maximum absolute atomic E-state index is 13.3. The van der Waals surface area contributed by atoms with Crippen molar-refractivity contribution in [2.45, 2.75) is 24.7 Å². The van der Waals surface area contributed by atoms with Gasteiger partial charge in [-0.1, -0.05) is 119 Å². The van der Waals surface area contributed by atoms with Crippen LogP contribution in [0.5, 0.6) is 0 Å². The highest BCUT2D eigenvalue weighted by atomic mass is 32.2. The fourth-order valence-corrected chi connectivity index (χ4v) is 8.07. The molecular formula is C47H36BF12NO2S. The molecule has 0 aliphatic rings. The molecule has 0 amide bonds. The minimum Gasteiger partial charge on any atom is -0.378 e. The summed E-state index contributed by atoms with van der Waals surface area (Å²) in [6, 6.07) is 30.2. The molecule has 64 heavy (non-hydrogen) atoms. The van der Waals surface area contributed by atoms with Crippen LogP contribution in [0, 0.1) is 11.2 Å². The van der Waals surface area contributed by atoms with Crippen LogP contribution < -0.4 is 26.8 Å². The van der Waals surface area contributed by atoms with E-state index in [1.165, 1.54) is 6.26 Å². The third kappa shape index (κ3) is 11.8. The smallest absolute Gasteiger partial charge is 0.378 e. The zero-order valence-corrected chi connectivity index (χ0v) is 34.7. The van der Waals surface area contributed by atoms with Crippen molar-refractivity contribution in [3.05, 3.63) is 185 Å². The maximum Gasteiger partial charge on any atom is 0.416 e. The SMILES string of the molecule is CN(C)c1ccc(C(=O)C[S+](C)(=O)C#Cc2ccccc2)cc1.FC(F)(F)c1ccc([B-](c2ccc(C(F)(F)F)cc2)(c2ccc(C(F)(F)F)cc2)c2ccc(C(F)(F)F)cc2)cc1. The molecule has 0 heterocycles. The quantitative estimate of drug-likeness (QED) is 0.0502. The predicted molar refractivity (Wildman–Crippen MR) is 227 cm³/mol. The van der Waals surface area contributed by atoms with Gasteiger partial charge in [0.25, 0.3) is 0 Å². The Kier molecular flexibility index (Phi) is 14.3. The van der Waals surface area contributed by atoms with Gasteiger partial charge in [0.2, 0.25) is 5.78 Å². The first kappa shape index (κ1) is 48.8. The van der Waals surface area contributed by atoms with Crippen LogP contribution in [0.1, 0.15) is 38.2 Å². The largest absolute Gasteiger partial charge is 0.416 e. The molecule has 334 valence electrons. The molecule has 6 aromatic rings. The molecule has 1 atom stereocenters. The number of carbonyl (C=O) groups excluding carboxylic acids is 1. The van der Waals surface area contributed by atoms with Gasteiger partial charge in [-0.2, -0.15) is 74.5 Å². The number of rotatable bonds is 8. The number of hydrogen-bond donors (Lipinski definition) is 0. The Labute approximate surface area is 362 Å². The summed E-state index contributed by atoms with van der Waals surface area (Å²) >= 11 is 0. The molecule has 0 fully saturated rings. The minimum atomic E-state index is -4.77. The Hall–Kier alpha value is -6.28. The van der Waals surface area contributed by atoms with Gasteiger partial charge in [-0.05, 0) is 42.3 Å². The molecule has 6 rings (SSSR count). The average molecular weight is 918 g/mol. The predicted octanol–water partition coefficient (Wildman–Crippen LogP) is 10.2. The van der Waals surface area contributed by atoms with Crippen molar-refractivity contribution in [3.63, 3.8) is 0 Å². The summed E-state index contributed by atoms with van der Waals surface area (Å²) in [6.45, 7) is 0. The Morgan fingerprint density at radius 2 is 0.812 bits per heavy atom. The summed E-state index contributed by atoms with van der Waals surface area (Å²) in [5.74, 6) is 2.67. The van der Waals surface area contributed by atoms with E-state index in [4.69, 9.17) is 0 Å². The van der Waals surface area contributed by atoms with E-state index in [-0.39, 0.29) is 33.4 Å². The minimum absolute atomic E-state index is 0.0114. The fraction of sp³-hybridized carbons (Fsp3) is 0.170. The van der Waals surface area contributed by atoms with Gasteiger partial charge in [0.1, 0.15) is 12.4 Å². The monoisotopic (exact) mass is 917 g/mol. The average Bonchev–Trinajstić information content (AvgIpc) is 3.23. The summed E-state index contributed by atoms with van der Waals surface area (Å²) in [5, 5.41) is 2.75. The summed E-state index contributed by atoms with van der Waals surface area (Å²) in [4.78, 5) is 14.3. The third-order valence-electron chi connectivity index (χ3n) is 10.2. The molecule has 17 heteroatoms. The molecule has 0 saturated heterocycles. The first-order chi connectivity index (χ1) is 29.7. The highest BCUT2D eigenvalue weighted by Crippen LogP contribution is 2.32. The van der Waals surface area contributed by atoms with Crippen molar-refractivity contribution in [3.8, 4) is 11.2 Å². The molecule has 1 unspecified atom stereocenters. The summed E-state index contributed by atoms with van der Waals surface area (Å²) in [6.07, 6.45) is -20.5. The van der Waals surface area contributed by atoms with E-state index in [2.05, 4.69) is 11.2 Å². The van der Waals surface area contributed by atoms with E-state index < -0.39 is 63.0 Å². The van der Waals surface area contributed by atoms with Crippen LogP contribution in [0.25, 0.3) is 0 Å². The number of hydrogen-bond acceptors (Lipinski definition) is 3. The standard InChI is InChI=1S/C28H16BF12.C19H20NO2S/c30-25(31,32)17-1-9-21(10-2-17)29(22-11-3-18(4-12-22)26(33,34)35,23-13-5-19(6-14-23)27(36,37)38)24-15-7-20(8-16-24)28(39,40)41;1-20(2)18-11-9-17(10-12-18)19(21)15-23(3,22)14-13-16-7-5-4-6-8-16/h1-16H;4-12H,15H2,1-3H3/q-1;+1. The lowest BCUT2D eigenvalue weighted by Gasteiger charge is -2.44. The number of benzene rings is 6.